The number of carbonyl (C=O) groups is 1. The molecule has 0 bridgehead atoms. The molecule has 0 saturated carbocycles. The van der Waals surface area contributed by atoms with Crippen LogP contribution in [0.2, 0.25) is 0 Å². The van der Waals surface area contributed by atoms with E-state index in [0.29, 0.717) is 5.13 Å². The predicted molar refractivity (Wildman–Crippen MR) is 117 cm³/mol. The highest BCUT2D eigenvalue weighted by atomic mass is 32.2. The van der Waals surface area contributed by atoms with Crippen molar-refractivity contribution in [3.63, 3.8) is 0 Å². The molecule has 9 heteroatoms. The molecule has 0 spiro atoms. The van der Waals surface area contributed by atoms with Gasteiger partial charge in [0.05, 0.1) is 16.7 Å². The maximum absolute atomic E-state index is 12.5. The number of carbonyl (C=O) groups excluding carboxylic acids is 1. The Balaban J connectivity index is 1.58. The molecule has 0 fully saturated rings. The smallest absolute Gasteiger partial charge is 0.239 e. The monoisotopic (exact) mass is 433 g/mol. The zero-order chi connectivity index (χ0) is 20.3. The van der Waals surface area contributed by atoms with Gasteiger partial charge in [-0.3, -0.25) is 4.79 Å². The average molecular weight is 434 g/mol. The summed E-state index contributed by atoms with van der Waals surface area (Å²) in [7, 11) is 1.94. The van der Waals surface area contributed by atoms with Crippen molar-refractivity contribution in [2.24, 2.45) is 7.05 Å². The minimum absolute atomic E-state index is 0.0858. The Hall–Kier alpha value is -1.84. The third-order valence-electron chi connectivity index (χ3n) is 4.22. The van der Waals surface area contributed by atoms with E-state index in [4.69, 9.17) is 0 Å². The number of thiazole rings is 1. The van der Waals surface area contributed by atoms with Crippen LogP contribution in [0.3, 0.4) is 0 Å². The number of aryl methyl sites for hydroxylation is 3. The quantitative estimate of drug-likeness (QED) is 0.549. The van der Waals surface area contributed by atoms with Crippen LogP contribution in [0.5, 0.6) is 0 Å². The third-order valence-corrected chi connectivity index (χ3v) is 7.35. The molecule has 28 heavy (non-hydrogen) atoms. The maximum Gasteiger partial charge on any atom is 0.239 e. The lowest BCUT2D eigenvalue weighted by atomic mass is 10.2. The number of thioether (sulfide) groups is 2. The predicted octanol–water partition coefficient (Wildman–Crippen LogP) is 4.61. The molecule has 0 radical (unpaired) electrons. The van der Waals surface area contributed by atoms with Crippen LogP contribution in [0.1, 0.15) is 28.9 Å². The zero-order valence-electron chi connectivity index (χ0n) is 16.5. The number of amides is 1. The van der Waals surface area contributed by atoms with Crippen LogP contribution in [0.15, 0.2) is 34.3 Å². The first-order chi connectivity index (χ1) is 13.3. The van der Waals surface area contributed by atoms with Gasteiger partial charge in [0.25, 0.3) is 0 Å². The summed E-state index contributed by atoms with van der Waals surface area (Å²) in [5.41, 5.74) is 2.20. The van der Waals surface area contributed by atoms with Crippen LogP contribution in [-0.2, 0) is 17.6 Å². The summed E-state index contributed by atoms with van der Waals surface area (Å²) < 4.78 is 1.95. The van der Waals surface area contributed by atoms with Gasteiger partial charge in [0.15, 0.2) is 10.3 Å². The molecular formula is C19H23N5OS3. The van der Waals surface area contributed by atoms with E-state index in [-0.39, 0.29) is 11.2 Å². The summed E-state index contributed by atoms with van der Waals surface area (Å²) >= 11 is 4.61. The average Bonchev–Trinajstić information content (AvgIpc) is 3.16. The van der Waals surface area contributed by atoms with Crippen molar-refractivity contribution < 1.29 is 4.79 Å². The molecule has 6 nitrogen and oxygen atoms in total. The van der Waals surface area contributed by atoms with Crippen molar-refractivity contribution in [1.29, 1.82) is 0 Å². The summed E-state index contributed by atoms with van der Waals surface area (Å²) in [6.45, 7) is 7.88. The summed E-state index contributed by atoms with van der Waals surface area (Å²) in [6, 6.07) is 8.43. The van der Waals surface area contributed by atoms with Gasteiger partial charge in [0.1, 0.15) is 5.82 Å². The number of nitrogens with zero attached hydrogens (tertiary/aromatic N) is 4. The van der Waals surface area contributed by atoms with Gasteiger partial charge in [-0.15, -0.1) is 33.3 Å². The van der Waals surface area contributed by atoms with Crippen LogP contribution >= 0.6 is 34.9 Å². The van der Waals surface area contributed by atoms with Gasteiger partial charge in [-0.05, 0) is 39.8 Å². The standard InChI is InChI=1S/C19H23N5OS3/c1-11-6-8-15(9-7-11)26-10-16-22-23-19(24(16)5)28-14(4)17(25)21-18-20-12(2)13(3)27-18/h6-9,14H,10H2,1-5H3,(H,20,21,25). The number of aromatic nitrogens is 4. The van der Waals surface area contributed by atoms with Crippen LogP contribution in [0, 0.1) is 20.8 Å². The lowest BCUT2D eigenvalue weighted by molar-refractivity contribution is -0.115. The van der Waals surface area contributed by atoms with E-state index >= 15 is 0 Å². The number of hydrogen-bond donors (Lipinski definition) is 1. The van der Waals surface area contributed by atoms with E-state index in [1.165, 1.54) is 33.6 Å². The number of benzene rings is 1. The van der Waals surface area contributed by atoms with Crippen molar-refractivity contribution in [3.8, 4) is 0 Å². The van der Waals surface area contributed by atoms with Crippen LogP contribution in [0.4, 0.5) is 5.13 Å². The van der Waals surface area contributed by atoms with E-state index in [9.17, 15) is 4.79 Å². The molecule has 3 rings (SSSR count). The molecule has 0 aliphatic rings. The molecule has 148 valence electrons. The Kier molecular flexibility index (Phi) is 6.79. The summed E-state index contributed by atoms with van der Waals surface area (Å²) in [5, 5.41) is 12.5. The second-order valence-electron chi connectivity index (χ2n) is 6.47. The largest absolute Gasteiger partial charge is 0.308 e. The molecule has 1 aromatic carbocycles. The van der Waals surface area contributed by atoms with E-state index < -0.39 is 0 Å². The highest BCUT2D eigenvalue weighted by Crippen LogP contribution is 2.27. The molecule has 0 saturated heterocycles. The summed E-state index contributed by atoms with van der Waals surface area (Å²) in [6.07, 6.45) is 0. The highest BCUT2D eigenvalue weighted by Gasteiger charge is 2.20. The van der Waals surface area contributed by atoms with Crippen molar-refractivity contribution in [1.82, 2.24) is 19.7 Å². The van der Waals surface area contributed by atoms with Crippen molar-refractivity contribution in [2.45, 2.75) is 48.7 Å². The third kappa shape index (κ3) is 5.15. The first kappa shape index (κ1) is 20.9. The fourth-order valence-electron chi connectivity index (χ4n) is 2.30. The molecule has 1 N–H and O–H groups in total. The molecule has 2 heterocycles. The molecule has 1 unspecified atom stereocenters. The first-order valence-corrected chi connectivity index (χ1v) is 11.5. The van der Waals surface area contributed by atoms with Gasteiger partial charge < -0.3 is 9.88 Å². The lowest BCUT2D eigenvalue weighted by Gasteiger charge is -2.10. The molecule has 3 aromatic rings. The van der Waals surface area contributed by atoms with Gasteiger partial charge in [-0.1, -0.05) is 29.5 Å². The van der Waals surface area contributed by atoms with Gasteiger partial charge in [-0.2, -0.15) is 0 Å². The van der Waals surface area contributed by atoms with E-state index in [1.807, 2.05) is 32.4 Å². The van der Waals surface area contributed by atoms with E-state index in [1.54, 1.807) is 11.8 Å². The van der Waals surface area contributed by atoms with Crippen molar-refractivity contribution >= 4 is 45.9 Å². The molecule has 1 atom stereocenters. The number of anilines is 1. The fraction of sp³-hybridized carbons (Fsp3) is 0.368. The van der Waals surface area contributed by atoms with Gasteiger partial charge in [-0.25, -0.2) is 4.98 Å². The van der Waals surface area contributed by atoms with Crippen LogP contribution in [-0.4, -0.2) is 30.9 Å². The summed E-state index contributed by atoms with van der Waals surface area (Å²) in [4.78, 5) is 19.1. The molecule has 0 aliphatic carbocycles. The molecular weight excluding hydrogens is 410 g/mol. The highest BCUT2D eigenvalue weighted by molar-refractivity contribution is 8.00. The fourth-order valence-corrected chi connectivity index (χ4v) is 4.83. The Morgan fingerprint density at radius 3 is 2.57 bits per heavy atom. The second-order valence-corrected chi connectivity index (χ2v) is 10.0. The van der Waals surface area contributed by atoms with Crippen molar-refractivity contribution in [3.05, 3.63) is 46.2 Å². The Bertz CT molecular complexity index is 945. The summed E-state index contributed by atoms with van der Waals surface area (Å²) in [5.74, 6) is 1.52. The van der Waals surface area contributed by atoms with Gasteiger partial charge >= 0.3 is 0 Å². The Morgan fingerprint density at radius 1 is 1.21 bits per heavy atom. The van der Waals surface area contributed by atoms with E-state index in [0.717, 1.165) is 27.3 Å². The van der Waals surface area contributed by atoms with Gasteiger partial charge in [0.2, 0.25) is 5.91 Å². The number of nitrogens with one attached hydrogen (secondary N) is 1. The topological polar surface area (TPSA) is 72.7 Å². The van der Waals surface area contributed by atoms with Crippen molar-refractivity contribution in [2.75, 3.05) is 5.32 Å². The minimum Gasteiger partial charge on any atom is -0.308 e. The second kappa shape index (κ2) is 9.11. The SMILES string of the molecule is Cc1ccc(SCc2nnc(SC(C)C(=O)Nc3nc(C)c(C)s3)n2C)cc1. The Labute approximate surface area is 177 Å². The van der Waals surface area contributed by atoms with E-state index in [2.05, 4.69) is 51.7 Å². The Morgan fingerprint density at radius 2 is 1.93 bits per heavy atom. The molecule has 1 amide bonds. The lowest BCUT2D eigenvalue weighted by Crippen LogP contribution is -2.22. The number of hydrogen-bond acceptors (Lipinski definition) is 7. The number of rotatable bonds is 7. The zero-order valence-corrected chi connectivity index (χ0v) is 19.0. The first-order valence-electron chi connectivity index (χ1n) is 8.82. The minimum atomic E-state index is -0.301. The molecule has 0 aliphatic heterocycles. The van der Waals surface area contributed by atoms with Crippen LogP contribution < -0.4 is 5.32 Å². The normalized spacial score (nSPS) is 12.2. The maximum atomic E-state index is 12.5. The van der Waals surface area contributed by atoms with Crippen LogP contribution in [0.25, 0.3) is 0 Å². The van der Waals surface area contributed by atoms with Gasteiger partial charge in [0, 0.05) is 16.8 Å². The molecule has 2 aromatic heterocycles.